The quantitative estimate of drug-likeness (QED) is 0.673. The zero-order valence-corrected chi connectivity index (χ0v) is 9.30. The molecule has 0 saturated carbocycles. The Labute approximate surface area is 100 Å². The minimum Gasteiger partial charge on any atom is -0.508 e. The second kappa shape index (κ2) is 3.01. The number of aromatic hydroxyl groups is 1. The van der Waals surface area contributed by atoms with Gasteiger partial charge in [-0.2, -0.15) is 0 Å². The van der Waals surface area contributed by atoms with E-state index in [1.807, 2.05) is 6.07 Å². The summed E-state index contributed by atoms with van der Waals surface area (Å²) in [5.41, 5.74) is 5.09. The average Bonchev–Trinajstić information content (AvgIpc) is 2.40. The minimum atomic E-state index is 0.229. The number of rotatable bonds is 0. The van der Waals surface area contributed by atoms with Crippen LogP contribution in [0.1, 0.15) is 34.1 Å². The Balaban J connectivity index is 2.07. The van der Waals surface area contributed by atoms with Crippen molar-refractivity contribution >= 4 is 0 Å². The van der Waals surface area contributed by atoms with E-state index < -0.39 is 0 Å². The molecule has 0 unspecified atom stereocenters. The lowest BCUT2D eigenvalue weighted by Crippen LogP contribution is -2.20. The lowest BCUT2D eigenvalue weighted by molar-refractivity contribution is 0.464. The summed E-state index contributed by atoms with van der Waals surface area (Å²) in [6.45, 7) is 0. The van der Waals surface area contributed by atoms with Crippen molar-refractivity contribution in [3.63, 3.8) is 0 Å². The fraction of sp³-hybridized carbons (Fsp3) is 0.125. The third-order valence-electron chi connectivity index (χ3n) is 3.93. The molecular weight excluding hydrogens is 208 g/mol. The monoisotopic (exact) mass is 220 g/mol. The van der Waals surface area contributed by atoms with Crippen molar-refractivity contribution in [3.8, 4) is 5.75 Å². The number of benzene rings is 2. The lowest BCUT2D eigenvalue weighted by Gasteiger charge is -2.36. The second-order valence-corrected chi connectivity index (χ2v) is 4.75. The molecule has 0 aliphatic heterocycles. The van der Waals surface area contributed by atoms with Gasteiger partial charge < -0.3 is 5.11 Å². The van der Waals surface area contributed by atoms with Crippen LogP contribution < -0.4 is 0 Å². The molecule has 2 aromatic rings. The van der Waals surface area contributed by atoms with Crippen LogP contribution in [-0.2, 0) is 0 Å². The largest absolute Gasteiger partial charge is 0.508 e. The Morgan fingerprint density at radius 3 is 2.18 bits per heavy atom. The predicted molar refractivity (Wildman–Crippen MR) is 67.4 cm³/mol. The molecule has 0 fully saturated rings. The third-order valence-corrected chi connectivity index (χ3v) is 3.93. The van der Waals surface area contributed by atoms with Crippen molar-refractivity contribution in [1.82, 2.24) is 0 Å². The highest BCUT2D eigenvalue weighted by Crippen LogP contribution is 2.51. The molecule has 0 amide bonds. The van der Waals surface area contributed by atoms with Crippen LogP contribution in [0.15, 0.2) is 54.6 Å². The summed E-state index contributed by atoms with van der Waals surface area (Å²) < 4.78 is 0. The maximum Gasteiger partial charge on any atom is 0.120 e. The summed E-state index contributed by atoms with van der Waals surface area (Å²) in [4.78, 5) is 0. The minimum absolute atomic E-state index is 0.229. The fourth-order valence-corrected chi connectivity index (χ4v) is 3.21. The van der Waals surface area contributed by atoms with Crippen molar-refractivity contribution in [3.05, 3.63) is 76.9 Å². The normalized spacial score (nSPS) is 23.3. The van der Waals surface area contributed by atoms with Crippen LogP contribution in [0.4, 0.5) is 0 Å². The molecule has 3 aliphatic carbocycles. The van der Waals surface area contributed by atoms with Gasteiger partial charge in [0, 0.05) is 17.4 Å². The fourth-order valence-electron chi connectivity index (χ4n) is 3.21. The van der Waals surface area contributed by atoms with E-state index in [1.54, 1.807) is 6.07 Å². The topological polar surface area (TPSA) is 20.2 Å². The molecule has 0 spiro atoms. The number of hydrogen-bond acceptors (Lipinski definition) is 1. The average molecular weight is 220 g/mol. The highest BCUT2D eigenvalue weighted by Gasteiger charge is 2.34. The summed E-state index contributed by atoms with van der Waals surface area (Å²) in [5.74, 6) is 0.974. The smallest absolute Gasteiger partial charge is 0.120 e. The van der Waals surface area contributed by atoms with E-state index in [0.29, 0.717) is 11.7 Å². The van der Waals surface area contributed by atoms with Gasteiger partial charge in [-0.1, -0.05) is 48.6 Å². The van der Waals surface area contributed by atoms with Gasteiger partial charge in [-0.25, -0.2) is 0 Å². The van der Waals surface area contributed by atoms with E-state index in [4.69, 9.17) is 0 Å². The van der Waals surface area contributed by atoms with Crippen molar-refractivity contribution in [2.24, 2.45) is 0 Å². The van der Waals surface area contributed by atoms with Gasteiger partial charge >= 0.3 is 0 Å². The Bertz CT molecular complexity index is 640. The Kier molecular flexibility index (Phi) is 1.60. The SMILES string of the molecule is Oc1cccc2c1[C@H]1C=C[C@H]2c2ccccc21. The Morgan fingerprint density at radius 2 is 1.35 bits per heavy atom. The number of allylic oxidation sites excluding steroid dienone is 2. The molecule has 1 heteroatoms. The summed E-state index contributed by atoms with van der Waals surface area (Å²) in [6, 6.07) is 14.4. The van der Waals surface area contributed by atoms with Gasteiger partial charge in [0.15, 0.2) is 0 Å². The van der Waals surface area contributed by atoms with Gasteiger partial charge in [0.05, 0.1) is 0 Å². The number of hydrogen-bond donors (Lipinski definition) is 1. The highest BCUT2D eigenvalue weighted by atomic mass is 16.3. The summed E-state index contributed by atoms with van der Waals surface area (Å²) in [5, 5.41) is 10.1. The number of phenolic OH excluding ortho intramolecular Hbond substituents is 1. The molecule has 0 aromatic heterocycles. The third kappa shape index (κ3) is 1.04. The predicted octanol–water partition coefficient (Wildman–Crippen LogP) is 3.54. The zero-order chi connectivity index (χ0) is 11.4. The first-order chi connectivity index (χ1) is 8.36. The molecule has 82 valence electrons. The van der Waals surface area contributed by atoms with Crippen molar-refractivity contribution in [1.29, 1.82) is 0 Å². The highest BCUT2D eigenvalue weighted by molar-refractivity contribution is 5.63. The molecule has 0 saturated heterocycles. The van der Waals surface area contributed by atoms with Crippen LogP contribution in [0.25, 0.3) is 0 Å². The van der Waals surface area contributed by atoms with Gasteiger partial charge in [0.2, 0.25) is 0 Å². The molecule has 1 nitrogen and oxygen atoms in total. The Morgan fingerprint density at radius 1 is 0.706 bits per heavy atom. The molecule has 1 N–H and O–H groups in total. The molecule has 17 heavy (non-hydrogen) atoms. The van der Waals surface area contributed by atoms with Gasteiger partial charge in [-0.05, 0) is 22.8 Å². The summed E-state index contributed by atoms with van der Waals surface area (Å²) >= 11 is 0. The standard InChI is InChI=1S/C16H12O/c17-15-7-3-6-13-12-8-9-14(16(13)15)11-5-2-1-4-10(11)12/h1-9,12,14,17H/t12-,14-/m0/s1. The van der Waals surface area contributed by atoms with Gasteiger partial charge in [-0.3, -0.25) is 0 Å². The Hall–Kier alpha value is -2.02. The molecule has 5 rings (SSSR count). The molecule has 2 bridgehead atoms. The zero-order valence-electron chi connectivity index (χ0n) is 9.30. The summed E-state index contributed by atoms with van der Waals surface area (Å²) in [7, 11) is 0. The molecule has 0 radical (unpaired) electrons. The van der Waals surface area contributed by atoms with Crippen LogP contribution >= 0.6 is 0 Å². The molecule has 2 atom stereocenters. The molecule has 2 aromatic carbocycles. The van der Waals surface area contributed by atoms with E-state index in [2.05, 4.69) is 42.5 Å². The van der Waals surface area contributed by atoms with Crippen LogP contribution in [0.2, 0.25) is 0 Å². The molecule has 0 heterocycles. The van der Waals surface area contributed by atoms with Gasteiger partial charge in [0.1, 0.15) is 5.75 Å². The van der Waals surface area contributed by atoms with Crippen LogP contribution in [0, 0.1) is 0 Å². The first-order valence-electron chi connectivity index (χ1n) is 5.95. The number of phenols is 1. The van der Waals surface area contributed by atoms with Crippen molar-refractivity contribution in [2.75, 3.05) is 0 Å². The van der Waals surface area contributed by atoms with E-state index in [1.165, 1.54) is 16.7 Å². The molecule has 3 aliphatic rings. The summed E-state index contributed by atoms with van der Waals surface area (Å²) in [6.07, 6.45) is 4.48. The van der Waals surface area contributed by atoms with Crippen molar-refractivity contribution < 1.29 is 5.11 Å². The van der Waals surface area contributed by atoms with Gasteiger partial charge in [-0.15, -0.1) is 0 Å². The maximum absolute atomic E-state index is 10.1. The lowest BCUT2D eigenvalue weighted by atomic mass is 9.68. The van der Waals surface area contributed by atoms with E-state index in [-0.39, 0.29) is 5.92 Å². The van der Waals surface area contributed by atoms with Crippen LogP contribution in [-0.4, -0.2) is 5.11 Å². The van der Waals surface area contributed by atoms with Crippen LogP contribution in [0.3, 0.4) is 0 Å². The first-order valence-corrected chi connectivity index (χ1v) is 5.95. The van der Waals surface area contributed by atoms with Crippen molar-refractivity contribution in [2.45, 2.75) is 11.8 Å². The second-order valence-electron chi connectivity index (χ2n) is 4.75. The van der Waals surface area contributed by atoms with E-state index >= 15 is 0 Å². The maximum atomic E-state index is 10.1. The first kappa shape index (κ1) is 9.06. The van der Waals surface area contributed by atoms with Gasteiger partial charge in [0.25, 0.3) is 0 Å². The van der Waals surface area contributed by atoms with Crippen LogP contribution in [0.5, 0.6) is 5.75 Å². The molecular formula is C16H12O. The van der Waals surface area contributed by atoms with E-state index in [9.17, 15) is 5.11 Å². The van der Waals surface area contributed by atoms with E-state index in [0.717, 1.165) is 5.56 Å².